The molecule has 16 heteroatoms. The van der Waals surface area contributed by atoms with Crippen LogP contribution in [0.1, 0.15) is 25.7 Å². The zero-order valence-electron chi connectivity index (χ0n) is 18.9. The third kappa shape index (κ3) is 28.4. The zero-order valence-corrected chi connectivity index (χ0v) is 18.9. The second-order valence-electron chi connectivity index (χ2n) is 5.59. The molecule has 0 amide bonds. The van der Waals surface area contributed by atoms with Gasteiger partial charge >= 0.3 is 42.1 Å². The summed E-state index contributed by atoms with van der Waals surface area (Å²) < 4.78 is 87.6. The Hall–Kier alpha value is -3.52. The number of aliphatic hydroxyl groups is 1. The molecule has 0 fully saturated rings. The average Bonchev–Trinajstić information content (AvgIpc) is 2.76. The SMILES string of the molecule is COC(=O)CC(CC(=O)OC)OC=C(F)F.COC(=O)CC(O)CC(=O)OC.FC(F)=C=C(F)F. The minimum Gasteiger partial charge on any atom is -0.491 e. The van der Waals surface area contributed by atoms with Crippen LogP contribution in [0.25, 0.3) is 0 Å². The lowest BCUT2D eigenvalue weighted by Crippen LogP contribution is -2.21. The predicted octanol–water partition coefficient (Wildman–Crippen LogP) is 2.86. The van der Waals surface area contributed by atoms with Crippen LogP contribution < -0.4 is 0 Å². The van der Waals surface area contributed by atoms with Crippen molar-refractivity contribution in [2.24, 2.45) is 0 Å². The van der Waals surface area contributed by atoms with Gasteiger partial charge < -0.3 is 28.8 Å². The minimum absolute atomic E-state index is 0.177. The van der Waals surface area contributed by atoms with Crippen molar-refractivity contribution < 1.29 is 74.3 Å². The summed E-state index contributed by atoms with van der Waals surface area (Å²) in [6.07, 6.45) is -9.93. The average molecular weight is 526 g/mol. The summed E-state index contributed by atoms with van der Waals surface area (Å²) >= 11 is 0. The van der Waals surface area contributed by atoms with E-state index in [-0.39, 0.29) is 31.9 Å². The van der Waals surface area contributed by atoms with Crippen LogP contribution in [0.15, 0.2) is 30.2 Å². The maximum Gasteiger partial charge on any atom is 0.318 e. The molecule has 0 aliphatic heterocycles. The Kier molecular flexibility index (Phi) is 23.0. The highest BCUT2D eigenvalue weighted by Gasteiger charge is 2.19. The van der Waals surface area contributed by atoms with Gasteiger partial charge in [0.25, 0.3) is 0 Å². The molecule has 0 aromatic heterocycles. The summed E-state index contributed by atoms with van der Waals surface area (Å²) in [5.41, 5.74) is 0.472. The van der Waals surface area contributed by atoms with E-state index in [2.05, 4.69) is 23.7 Å². The summed E-state index contributed by atoms with van der Waals surface area (Å²) in [4.78, 5) is 42.9. The Morgan fingerprint density at radius 2 is 1.00 bits per heavy atom. The molecule has 35 heavy (non-hydrogen) atoms. The number of ether oxygens (including phenoxy) is 5. The molecule has 0 aliphatic carbocycles. The molecule has 202 valence electrons. The Labute approximate surface area is 195 Å². The molecule has 1 N–H and O–H groups in total. The fourth-order valence-corrected chi connectivity index (χ4v) is 1.55. The van der Waals surface area contributed by atoms with Crippen molar-refractivity contribution in [2.45, 2.75) is 37.9 Å². The summed E-state index contributed by atoms with van der Waals surface area (Å²) in [6.45, 7) is 0. The standard InChI is InChI=1S/C9H12F2O5.C7H12O5.C3F4/c1-14-8(12)3-6(4-9(13)15-2)16-5-7(10)11;1-11-6(9)3-5(8)4-7(10)12-2;4-2(5)1-3(6)7/h5-6H,3-4H2,1-2H3;5,8H,3-4H2,1-2H3;. The largest absolute Gasteiger partial charge is 0.491 e. The number of hydrogen-bond donors (Lipinski definition) is 1. The van der Waals surface area contributed by atoms with E-state index >= 15 is 0 Å². The molecule has 0 radical (unpaired) electrons. The van der Waals surface area contributed by atoms with Crippen LogP contribution in [-0.2, 0) is 42.9 Å². The van der Waals surface area contributed by atoms with Crippen LogP contribution in [0.2, 0.25) is 0 Å². The van der Waals surface area contributed by atoms with E-state index < -0.39 is 54.3 Å². The van der Waals surface area contributed by atoms with Crippen molar-refractivity contribution in [1.29, 1.82) is 0 Å². The number of rotatable bonds is 10. The van der Waals surface area contributed by atoms with Gasteiger partial charge in [-0.25, -0.2) is 0 Å². The summed E-state index contributed by atoms with van der Waals surface area (Å²) in [5.74, 6) is -2.43. The lowest BCUT2D eigenvalue weighted by molar-refractivity contribution is -0.148. The molecule has 0 aliphatic rings. The lowest BCUT2D eigenvalue weighted by atomic mass is 10.2. The second kappa shape index (κ2) is 22.3. The van der Waals surface area contributed by atoms with Crippen LogP contribution in [0, 0.1) is 0 Å². The quantitative estimate of drug-likeness (QED) is 0.149. The van der Waals surface area contributed by atoms with Gasteiger partial charge in [0.1, 0.15) is 12.4 Å². The first kappa shape index (κ1) is 36.1. The van der Waals surface area contributed by atoms with Crippen molar-refractivity contribution in [1.82, 2.24) is 0 Å². The number of carbonyl (C=O) groups excluding carboxylic acids is 4. The van der Waals surface area contributed by atoms with Crippen molar-refractivity contribution in [2.75, 3.05) is 28.4 Å². The lowest BCUT2D eigenvalue weighted by Gasteiger charge is -2.13. The van der Waals surface area contributed by atoms with Crippen molar-refractivity contribution in [3.8, 4) is 0 Å². The molecule has 0 saturated carbocycles. The zero-order chi connectivity index (χ0) is 28.0. The van der Waals surface area contributed by atoms with Crippen LogP contribution in [-0.4, -0.2) is 69.6 Å². The molecule has 0 aromatic rings. The summed E-state index contributed by atoms with van der Waals surface area (Å²) in [5, 5.41) is 9.05. The van der Waals surface area contributed by atoms with E-state index in [1.54, 1.807) is 0 Å². The molecule has 0 saturated heterocycles. The van der Waals surface area contributed by atoms with Gasteiger partial charge in [0, 0.05) is 5.73 Å². The third-order valence-electron chi connectivity index (χ3n) is 3.04. The van der Waals surface area contributed by atoms with Crippen molar-refractivity contribution in [3.05, 3.63) is 30.2 Å². The van der Waals surface area contributed by atoms with Gasteiger partial charge in [-0.1, -0.05) is 0 Å². The normalized spacial score (nSPS) is 9.17. The first-order valence-corrected chi connectivity index (χ1v) is 8.97. The Morgan fingerprint density at radius 3 is 1.23 bits per heavy atom. The molecular weight excluding hydrogens is 502 g/mol. The minimum atomic E-state index is -2.50. The molecule has 10 nitrogen and oxygen atoms in total. The van der Waals surface area contributed by atoms with Crippen LogP contribution in [0.4, 0.5) is 26.3 Å². The van der Waals surface area contributed by atoms with Gasteiger partial charge in [0.05, 0.1) is 60.2 Å². The van der Waals surface area contributed by atoms with Gasteiger partial charge in [-0.05, 0) is 0 Å². The predicted molar refractivity (Wildman–Crippen MR) is 103 cm³/mol. The summed E-state index contributed by atoms with van der Waals surface area (Å²) in [7, 11) is 4.71. The Morgan fingerprint density at radius 1 is 0.686 bits per heavy atom. The Balaban J connectivity index is -0.000000474. The molecular formula is C19H24F6O10. The van der Waals surface area contributed by atoms with E-state index in [9.17, 15) is 45.5 Å². The first-order valence-electron chi connectivity index (χ1n) is 8.97. The molecule has 0 rings (SSSR count). The molecule has 0 bridgehead atoms. The second-order valence-corrected chi connectivity index (χ2v) is 5.59. The number of aliphatic hydroxyl groups excluding tert-OH is 1. The number of methoxy groups -OCH3 is 4. The maximum atomic E-state index is 11.7. The van der Waals surface area contributed by atoms with Crippen LogP contribution in [0.5, 0.6) is 0 Å². The number of halogens is 6. The molecule has 0 atom stereocenters. The van der Waals surface area contributed by atoms with Gasteiger partial charge in [0.2, 0.25) is 0 Å². The molecule has 0 spiro atoms. The smallest absolute Gasteiger partial charge is 0.318 e. The van der Waals surface area contributed by atoms with E-state index in [1.165, 1.54) is 14.2 Å². The van der Waals surface area contributed by atoms with E-state index in [0.29, 0.717) is 5.73 Å². The summed E-state index contributed by atoms with van der Waals surface area (Å²) in [6, 6.07) is 0. The van der Waals surface area contributed by atoms with Gasteiger partial charge in [-0.15, -0.1) is 0 Å². The van der Waals surface area contributed by atoms with Gasteiger partial charge in [-0.2, -0.15) is 26.3 Å². The highest BCUT2D eigenvalue weighted by atomic mass is 19.3. The topological polar surface area (TPSA) is 135 Å². The third-order valence-corrected chi connectivity index (χ3v) is 3.04. The van der Waals surface area contributed by atoms with Crippen LogP contribution >= 0.6 is 0 Å². The van der Waals surface area contributed by atoms with E-state index in [0.717, 1.165) is 14.2 Å². The fourth-order valence-electron chi connectivity index (χ4n) is 1.55. The van der Waals surface area contributed by atoms with E-state index in [4.69, 9.17) is 5.11 Å². The van der Waals surface area contributed by atoms with Crippen molar-refractivity contribution in [3.63, 3.8) is 0 Å². The van der Waals surface area contributed by atoms with Crippen molar-refractivity contribution >= 4 is 23.9 Å². The molecule has 0 aromatic carbocycles. The number of hydrogen-bond acceptors (Lipinski definition) is 10. The number of carbonyl (C=O) groups is 4. The van der Waals surface area contributed by atoms with Gasteiger partial charge in [-0.3, -0.25) is 19.2 Å². The number of esters is 4. The monoisotopic (exact) mass is 526 g/mol. The van der Waals surface area contributed by atoms with Gasteiger partial charge in [0.15, 0.2) is 0 Å². The Bertz CT molecular complexity index is 705. The maximum absolute atomic E-state index is 11.7. The van der Waals surface area contributed by atoms with E-state index in [1.807, 2.05) is 0 Å². The first-order chi connectivity index (χ1) is 16.2. The molecule has 0 unspecified atom stereocenters. The highest BCUT2D eigenvalue weighted by Crippen LogP contribution is 2.09. The highest BCUT2D eigenvalue weighted by molar-refractivity contribution is 5.74. The fraction of sp³-hybridized carbons (Fsp3) is 0.526. The van der Waals surface area contributed by atoms with Crippen LogP contribution in [0.3, 0.4) is 0 Å². The molecule has 0 heterocycles.